The fourth-order valence-electron chi connectivity index (χ4n) is 1.85. The van der Waals surface area contributed by atoms with Crippen LogP contribution in [0.1, 0.15) is 32.1 Å². The molecule has 0 aliphatic rings. The van der Waals surface area contributed by atoms with Crippen molar-refractivity contribution in [3.05, 3.63) is 30.3 Å². The van der Waals surface area contributed by atoms with Gasteiger partial charge in [0.25, 0.3) is 0 Å². The molecule has 3 nitrogen and oxygen atoms in total. The van der Waals surface area contributed by atoms with Crippen molar-refractivity contribution < 1.29 is 14.3 Å². The molecule has 0 amide bonds. The first-order valence-electron chi connectivity index (χ1n) is 7.34. The van der Waals surface area contributed by atoms with Crippen molar-refractivity contribution in [2.75, 3.05) is 19.0 Å². The van der Waals surface area contributed by atoms with Gasteiger partial charge in [0.15, 0.2) is 0 Å². The molecule has 0 bridgehead atoms. The van der Waals surface area contributed by atoms with Gasteiger partial charge >= 0.3 is 5.97 Å². The summed E-state index contributed by atoms with van der Waals surface area (Å²) < 4.78 is 10.6. The van der Waals surface area contributed by atoms with Gasteiger partial charge in [0, 0.05) is 11.7 Å². The number of benzene rings is 1. The number of esters is 1. The second kappa shape index (κ2) is 11.8. The molecule has 0 fully saturated rings. The number of hydrogen-bond donors (Lipinski definition) is 2. The van der Waals surface area contributed by atoms with Crippen LogP contribution in [0.2, 0.25) is 0 Å². The molecule has 21 heavy (non-hydrogen) atoms. The fraction of sp³-hybridized carbons (Fsp3) is 0.562. The zero-order chi connectivity index (χ0) is 15.3. The summed E-state index contributed by atoms with van der Waals surface area (Å²) in [6, 6.07) is 9.49. The van der Waals surface area contributed by atoms with E-state index in [0.717, 1.165) is 37.2 Å². The van der Waals surface area contributed by atoms with Crippen LogP contribution in [0, 0.1) is 0 Å². The molecule has 5 heteroatoms. The van der Waals surface area contributed by atoms with Crippen molar-refractivity contribution in [2.24, 2.45) is 0 Å². The summed E-state index contributed by atoms with van der Waals surface area (Å²) in [5, 5.41) is 0.387. The molecule has 1 aromatic carbocycles. The van der Waals surface area contributed by atoms with Crippen LogP contribution >= 0.6 is 25.3 Å². The number of unbranched alkanes of at least 4 members (excludes halogenated alkanes) is 1. The topological polar surface area (TPSA) is 35.5 Å². The van der Waals surface area contributed by atoms with E-state index in [2.05, 4.69) is 25.3 Å². The Morgan fingerprint density at radius 3 is 2.57 bits per heavy atom. The summed E-state index contributed by atoms with van der Waals surface area (Å²) in [7, 11) is 0. The Balaban J connectivity index is 1.96. The van der Waals surface area contributed by atoms with Crippen LogP contribution in [0.5, 0.6) is 5.75 Å². The number of hydrogen-bond acceptors (Lipinski definition) is 5. The quantitative estimate of drug-likeness (QED) is 0.368. The maximum atomic E-state index is 11.5. The van der Waals surface area contributed by atoms with Crippen molar-refractivity contribution in [1.82, 2.24) is 0 Å². The Morgan fingerprint density at radius 2 is 1.86 bits per heavy atom. The predicted octanol–water partition coefficient (Wildman–Crippen LogP) is 3.79. The monoisotopic (exact) mass is 328 g/mol. The van der Waals surface area contributed by atoms with Crippen LogP contribution < -0.4 is 4.74 Å². The zero-order valence-electron chi connectivity index (χ0n) is 12.2. The largest absolute Gasteiger partial charge is 0.490 e. The highest BCUT2D eigenvalue weighted by molar-refractivity contribution is 7.81. The molecule has 0 heterocycles. The van der Waals surface area contributed by atoms with Gasteiger partial charge in [-0.25, -0.2) is 0 Å². The minimum absolute atomic E-state index is 0.156. The first-order valence-corrected chi connectivity index (χ1v) is 8.49. The first kappa shape index (κ1) is 18.2. The Kier molecular flexibility index (Phi) is 10.3. The highest BCUT2D eigenvalue weighted by Gasteiger charge is 2.05. The molecular formula is C16H24O3S2. The Bertz CT molecular complexity index is 384. The third-order valence-electron chi connectivity index (χ3n) is 2.99. The summed E-state index contributed by atoms with van der Waals surface area (Å²) in [6.07, 6.45) is 4.34. The summed E-state index contributed by atoms with van der Waals surface area (Å²) in [6.45, 7) is 0.680. The number of carbonyl (C=O) groups is 1. The molecule has 0 saturated carbocycles. The highest BCUT2D eigenvalue weighted by Crippen LogP contribution is 2.13. The molecular weight excluding hydrogens is 304 g/mol. The average Bonchev–Trinajstić information content (AvgIpc) is 2.49. The van der Waals surface area contributed by atoms with Gasteiger partial charge in [-0.15, -0.1) is 0 Å². The first-order chi connectivity index (χ1) is 10.2. The molecule has 1 atom stereocenters. The van der Waals surface area contributed by atoms with Gasteiger partial charge in [-0.05, 0) is 37.1 Å². The van der Waals surface area contributed by atoms with E-state index in [-0.39, 0.29) is 5.97 Å². The highest BCUT2D eigenvalue weighted by atomic mass is 32.1. The smallest absolute Gasteiger partial charge is 0.305 e. The third-order valence-corrected chi connectivity index (χ3v) is 3.76. The van der Waals surface area contributed by atoms with E-state index < -0.39 is 0 Å². The lowest BCUT2D eigenvalue weighted by molar-refractivity contribution is -0.144. The van der Waals surface area contributed by atoms with Crippen molar-refractivity contribution in [3.8, 4) is 5.75 Å². The van der Waals surface area contributed by atoms with E-state index in [1.165, 1.54) is 0 Å². The molecule has 1 unspecified atom stereocenters. The standard InChI is InChI=1S/C16H24O3S2/c17-16(9-5-4-8-15(21)10-13-20)19-12-11-18-14-6-2-1-3-7-14/h1-3,6-7,15,20-21H,4-5,8-13H2. The van der Waals surface area contributed by atoms with E-state index in [9.17, 15) is 4.79 Å². The van der Waals surface area contributed by atoms with Gasteiger partial charge in [-0.2, -0.15) is 25.3 Å². The number of para-hydroxylation sites is 1. The lowest BCUT2D eigenvalue weighted by atomic mass is 10.1. The maximum absolute atomic E-state index is 11.5. The van der Waals surface area contributed by atoms with Gasteiger partial charge < -0.3 is 9.47 Å². The molecule has 0 saturated heterocycles. The second-order valence-corrected chi connectivity index (χ2v) is 5.97. The number of thiol groups is 2. The van der Waals surface area contributed by atoms with Gasteiger partial charge in [0.2, 0.25) is 0 Å². The molecule has 0 aromatic heterocycles. The fourth-order valence-corrected chi connectivity index (χ4v) is 2.67. The summed E-state index contributed by atoms with van der Waals surface area (Å²) in [5.74, 6) is 1.49. The molecule has 1 aromatic rings. The van der Waals surface area contributed by atoms with Crippen molar-refractivity contribution in [3.63, 3.8) is 0 Å². The van der Waals surface area contributed by atoms with Crippen LogP contribution in [0.15, 0.2) is 30.3 Å². The van der Waals surface area contributed by atoms with Crippen molar-refractivity contribution in [2.45, 2.75) is 37.4 Å². The van der Waals surface area contributed by atoms with Gasteiger partial charge in [0.1, 0.15) is 19.0 Å². The molecule has 0 aliphatic heterocycles. The average molecular weight is 328 g/mol. The molecule has 118 valence electrons. The SMILES string of the molecule is O=C(CCCCC(S)CCS)OCCOc1ccccc1. The van der Waals surface area contributed by atoms with Crippen molar-refractivity contribution in [1.29, 1.82) is 0 Å². The van der Waals surface area contributed by atoms with E-state index in [1.807, 2.05) is 30.3 Å². The summed E-state index contributed by atoms with van der Waals surface area (Å²) >= 11 is 8.63. The minimum atomic E-state index is -0.156. The Hall–Kier alpha value is -0.810. The molecule has 1 rings (SSSR count). The van der Waals surface area contributed by atoms with E-state index in [1.54, 1.807) is 0 Å². The Labute approximate surface area is 138 Å². The minimum Gasteiger partial charge on any atom is -0.490 e. The number of carbonyl (C=O) groups excluding carboxylic acids is 1. The molecule has 0 N–H and O–H groups in total. The normalized spacial score (nSPS) is 11.9. The molecule has 0 spiro atoms. The predicted molar refractivity (Wildman–Crippen MR) is 92.6 cm³/mol. The van der Waals surface area contributed by atoms with E-state index in [4.69, 9.17) is 9.47 Å². The number of rotatable bonds is 11. The zero-order valence-corrected chi connectivity index (χ0v) is 14.0. The summed E-state index contributed by atoms with van der Waals surface area (Å²) in [4.78, 5) is 11.5. The third kappa shape index (κ3) is 9.69. The maximum Gasteiger partial charge on any atom is 0.305 e. The van der Waals surface area contributed by atoms with Crippen LogP contribution in [-0.4, -0.2) is 30.2 Å². The van der Waals surface area contributed by atoms with Crippen LogP contribution in [0.3, 0.4) is 0 Å². The molecule has 0 aliphatic carbocycles. The van der Waals surface area contributed by atoms with E-state index >= 15 is 0 Å². The number of ether oxygens (including phenoxy) is 2. The van der Waals surface area contributed by atoms with Crippen molar-refractivity contribution >= 4 is 31.2 Å². The summed E-state index contributed by atoms with van der Waals surface area (Å²) in [5.41, 5.74) is 0. The van der Waals surface area contributed by atoms with E-state index in [0.29, 0.717) is 24.9 Å². The van der Waals surface area contributed by atoms with Crippen LogP contribution in [0.25, 0.3) is 0 Å². The van der Waals surface area contributed by atoms with Crippen LogP contribution in [-0.2, 0) is 9.53 Å². The van der Waals surface area contributed by atoms with Crippen LogP contribution in [0.4, 0.5) is 0 Å². The van der Waals surface area contributed by atoms with Gasteiger partial charge in [0.05, 0.1) is 0 Å². The molecule has 0 radical (unpaired) electrons. The van der Waals surface area contributed by atoms with Gasteiger partial charge in [-0.3, -0.25) is 4.79 Å². The Morgan fingerprint density at radius 1 is 1.10 bits per heavy atom. The lowest BCUT2D eigenvalue weighted by Gasteiger charge is -2.09. The second-order valence-electron chi connectivity index (χ2n) is 4.79. The van der Waals surface area contributed by atoms with Gasteiger partial charge in [-0.1, -0.05) is 24.6 Å². The lowest BCUT2D eigenvalue weighted by Crippen LogP contribution is -2.12.